The van der Waals surface area contributed by atoms with Crippen LogP contribution in [0, 0.1) is 34.5 Å². The number of carbonyl (C=O) groups is 2. The molecule has 45 heavy (non-hydrogen) atoms. The van der Waals surface area contributed by atoms with Gasteiger partial charge in [0.05, 0.1) is 18.7 Å². The van der Waals surface area contributed by atoms with Crippen LogP contribution in [0.1, 0.15) is 113 Å². The first kappa shape index (κ1) is 35.0. The molecule has 1 saturated carbocycles. The first-order valence-electron chi connectivity index (χ1n) is 16.5. The number of hydrogen-bond acceptors (Lipinski definition) is 5. The van der Waals surface area contributed by atoms with Gasteiger partial charge in [-0.15, -0.1) is 5.10 Å². The van der Waals surface area contributed by atoms with Crippen LogP contribution in [-0.4, -0.2) is 38.3 Å². The molecule has 1 aliphatic rings. The van der Waals surface area contributed by atoms with E-state index in [2.05, 4.69) is 89.7 Å². The Balaban J connectivity index is 1.26. The highest BCUT2D eigenvalue weighted by Crippen LogP contribution is 2.48. The van der Waals surface area contributed by atoms with Gasteiger partial charge in [-0.25, -0.2) is 4.98 Å². The Morgan fingerprint density at radius 3 is 2.22 bits per heavy atom. The SMILES string of the molecule is CC(CC(C)(C)C)C(COC(=O)CCC(=O)Nc1ccc(-c2nc3c(Cl)c(C(C)(C)C)[nH]n3n2)cc1)C1CC(CC(C)(C)C)C1. The largest absolute Gasteiger partial charge is 0.465 e. The van der Waals surface area contributed by atoms with Gasteiger partial charge in [0.1, 0.15) is 5.02 Å². The topological polar surface area (TPSA) is 101 Å². The van der Waals surface area contributed by atoms with E-state index in [1.165, 1.54) is 19.3 Å². The van der Waals surface area contributed by atoms with Gasteiger partial charge in [-0.2, -0.15) is 4.63 Å². The van der Waals surface area contributed by atoms with E-state index in [-0.39, 0.29) is 35.5 Å². The van der Waals surface area contributed by atoms with Crippen LogP contribution in [0.4, 0.5) is 5.69 Å². The number of rotatable bonds is 11. The van der Waals surface area contributed by atoms with E-state index in [9.17, 15) is 9.59 Å². The highest BCUT2D eigenvalue weighted by Gasteiger charge is 2.40. The van der Waals surface area contributed by atoms with Crippen molar-refractivity contribution in [2.75, 3.05) is 11.9 Å². The number of esters is 1. The van der Waals surface area contributed by atoms with Crippen molar-refractivity contribution in [2.45, 2.75) is 113 Å². The van der Waals surface area contributed by atoms with E-state index in [4.69, 9.17) is 16.3 Å². The lowest BCUT2D eigenvalue weighted by atomic mass is 9.61. The molecule has 0 radical (unpaired) electrons. The standard InChI is InChI=1S/C36H54ClN5O3/c1-22(19-34(2,3)4)27(25-17-23(18-25)20-35(5,6)7)21-45-29(44)16-15-28(43)38-26-13-11-24(12-14-26)32-39-33-30(37)31(36(8,9)10)40-42(33)41-32/h11-14,22-23,25,27,40H,15-21H2,1-10H3,(H,38,43). The van der Waals surface area contributed by atoms with Gasteiger partial charge in [0, 0.05) is 23.1 Å². The zero-order valence-corrected chi connectivity index (χ0v) is 29.8. The summed E-state index contributed by atoms with van der Waals surface area (Å²) in [6.45, 7) is 22.7. The average molecular weight is 640 g/mol. The van der Waals surface area contributed by atoms with Crippen molar-refractivity contribution >= 4 is 34.8 Å². The Labute approximate surface area is 274 Å². The third-order valence-electron chi connectivity index (χ3n) is 8.85. The van der Waals surface area contributed by atoms with Crippen LogP contribution in [0.25, 0.3) is 17.0 Å². The van der Waals surface area contributed by atoms with Crippen molar-refractivity contribution < 1.29 is 14.3 Å². The number of carbonyl (C=O) groups excluding carboxylic acids is 2. The molecule has 0 spiro atoms. The molecule has 248 valence electrons. The molecule has 2 N–H and O–H groups in total. The summed E-state index contributed by atoms with van der Waals surface area (Å²) >= 11 is 6.56. The van der Waals surface area contributed by atoms with Crippen molar-refractivity contribution in [1.82, 2.24) is 19.8 Å². The van der Waals surface area contributed by atoms with Gasteiger partial charge in [-0.05, 0) is 84.5 Å². The van der Waals surface area contributed by atoms with Crippen LogP contribution >= 0.6 is 11.6 Å². The van der Waals surface area contributed by atoms with E-state index in [0.717, 1.165) is 23.6 Å². The molecular weight excluding hydrogens is 586 g/mol. The normalized spacial score (nSPS) is 18.8. The number of hydrogen-bond donors (Lipinski definition) is 2. The third-order valence-corrected chi connectivity index (χ3v) is 9.21. The Bertz CT molecular complexity index is 1460. The minimum Gasteiger partial charge on any atom is -0.465 e. The second kappa shape index (κ2) is 13.5. The summed E-state index contributed by atoms with van der Waals surface area (Å²) in [6, 6.07) is 7.30. The van der Waals surface area contributed by atoms with Gasteiger partial charge in [0.25, 0.3) is 0 Å². The smallest absolute Gasteiger partial charge is 0.306 e. The highest BCUT2D eigenvalue weighted by atomic mass is 35.5. The van der Waals surface area contributed by atoms with Crippen LogP contribution in [0.2, 0.25) is 5.02 Å². The number of nitrogens with zero attached hydrogens (tertiary/aromatic N) is 3. The first-order chi connectivity index (χ1) is 20.8. The Kier molecular flexibility index (Phi) is 10.5. The second-order valence-corrected chi connectivity index (χ2v) is 17.2. The molecule has 1 aromatic carbocycles. The lowest BCUT2D eigenvalue weighted by molar-refractivity contribution is -0.148. The molecule has 1 fully saturated rings. The summed E-state index contributed by atoms with van der Waals surface area (Å²) in [5, 5.41) is 11.2. The van der Waals surface area contributed by atoms with Gasteiger partial charge in [0.2, 0.25) is 5.91 Å². The fraction of sp³-hybridized carbons (Fsp3) is 0.667. The van der Waals surface area contributed by atoms with Crippen LogP contribution in [0.3, 0.4) is 0 Å². The maximum atomic E-state index is 12.7. The van der Waals surface area contributed by atoms with Crippen LogP contribution in [0.5, 0.6) is 0 Å². The zero-order chi connectivity index (χ0) is 33.3. The molecule has 0 bridgehead atoms. The van der Waals surface area contributed by atoms with E-state index < -0.39 is 0 Å². The maximum absolute atomic E-state index is 12.7. The molecule has 2 aromatic heterocycles. The van der Waals surface area contributed by atoms with Crippen LogP contribution in [-0.2, 0) is 19.7 Å². The van der Waals surface area contributed by atoms with Gasteiger partial charge in [0.15, 0.2) is 11.5 Å². The minimum atomic E-state index is -0.311. The summed E-state index contributed by atoms with van der Waals surface area (Å²) in [5.74, 6) is 2.17. The molecule has 2 unspecified atom stereocenters. The van der Waals surface area contributed by atoms with E-state index in [1.807, 2.05) is 12.1 Å². The predicted molar refractivity (Wildman–Crippen MR) is 182 cm³/mol. The van der Waals surface area contributed by atoms with E-state index >= 15 is 0 Å². The lowest BCUT2D eigenvalue weighted by Crippen LogP contribution is -2.38. The molecule has 0 saturated heterocycles. The van der Waals surface area contributed by atoms with Gasteiger partial charge in [-0.3, -0.25) is 14.7 Å². The molecule has 3 aromatic rings. The van der Waals surface area contributed by atoms with E-state index in [0.29, 0.717) is 52.0 Å². The van der Waals surface area contributed by atoms with Crippen molar-refractivity contribution in [2.24, 2.45) is 34.5 Å². The number of anilines is 1. The Morgan fingerprint density at radius 2 is 1.67 bits per heavy atom. The average Bonchev–Trinajstić information content (AvgIpc) is 3.44. The maximum Gasteiger partial charge on any atom is 0.306 e. The Morgan fingerprint density at radius 1 is 1.02 bits per heavy atom. The second-order valence-electron chi connectivity index (χ2n) is 16.8. The number of fused-ring (bicyclic) bond motifs is 1. The number of aromatic nitrogens is 4. The zero-order valence-electron chi connectivity index (χ0n) is 29.0. The molecule has 8 nitrogen and oxygen atoms in total. The summed E-state index contributed by atoms with van der Waals surface area (Å²) in [7, 11) is 0. The van der Waals surface area contributed by atoms with Crippen LogP contribution in [0.15, 0.2) is 24.3 Å². The fourth-order valence-electron chi connectivity index (χ4n) is 6.87. The van der Waals surface area contributed by atoms with Crippen molar-refractivity contribution in [3.05, 3.63) is 35.0 Å². The molecule has 1 amide bonds. The lowest BCUT2D eigenvalue weighted by Gasteiger charge is -2.45. The van der Waals surface area contributed by atoms with Crippen molar-refractivity contribution in [3.63, 3.8) is 0 Å². The molecule has 9 heteroatoms. The van der Waals surface area contributed by atoms with Crippen molar-refractivity contribution in [1.29, 1.82) is 0 Å². The molecule has 2 atom stereocenters. The monoisotopic (exact) mass is 639 g/mol. The highest BCUT2D eigenvalue weighted by molar-refractivity contribution is 6.34. The number of H-pyrrole nitrogens is 1. The van der Waals surface area contributed by atoms with Crippen molar-refractivity contribution in [3.8, 4) is 11.4 Å². The molecular formula is C36H54ClN5O3. The number of aromatic amines is 1. The number of benzene rings is 1. The summed E-state index contributed by atoms with van der Waals surface area (Å²) < 4.78 is 7.40. The third kappa shape index (κ3) is 9.57. The number of ether oxygens (including phenoxy) is 1. The number of halogens is 1. The van der Waals surface area contributed by atoms with E-state index in [1.54, 1.807) is 16.8 Å². The Hall–Kier alpha value is -2.87. The molecule has 1 aliphatic carbocycles. The molecule has 2 heterocycles. The summed E-state index contributed by atoms with van der Waals surface area (Å²) in [5.41, 5.74) is 3.30. The van der Waals surface area contributed by atoms with Gasteiger partial charge >= 0.3 is 5.97 Å². The molecule has 0 aliphatic heterocycles. The van der Waals surface area contributed by atoms with Gasteiger partial charge in [-0.1, -0.05) is 80.8 Å². The summed E-state index contributed by atoms with van der Waals surface area (Å²) in [4.78, 5) is 30.0. The fourth-order valence-corrected chi connectivity index (χ4v) is 7.32. The van der Waals surface area contributed by atoms with Crippen LogP contribution < -0.4 is 5.32 Å². The molecule has 4 rings (SSSR count). The number of amides is 1. The van der Waals surface area contributed by atoms with Gasteiger partial charge < -0.3 is 10.1 Å². The minimum absolute atomic E-state index is 0.0591. The number of nitrogens with one attached hydrogen (secondary N) is 2. The first-order valence-corrected chi connectivity index (χ1v) is 16.9. The predicted octanol–water partition coefficient (Wildman–Crippen LogP) is 9.09. The quantitative estimate of drug-likeness (QED) is 0.204. The summed E-state index contributed by atoms with van der Waals surface area (Å²) in [6.07, 6.45) is 4.90.